The number of phenolic OH excluding ortho intramolecular Hbond substituents is 1. The summed E-state index contributed by atoms with van der Waals surface area (Å²) in [5.74, 6) is 1.02. The van der Waals surface area contributed by atoms with Crippen molar-refractivity contribution >= 4 is 22.6 Å². The van der Waals surface area contributed by atoms with E-state index in [0.717, 1.165) is 3.57 Å². The summed E-state index contributed by atoms with van der Waals surface area (Å²) in [5, 5.41) is 19.9. The summed E-state index contributed by atoms with van der Waals surface area (Å²) >= 11 is 2.14. The third-order valence-corrected chi connectivity index (χ3v) is 2.91. The SMILES string of the molecule is Oc1ccc(I)cc1-c1nc(-c2ncn[nH]2)no1. The van der Waals surface area contributed by atoms with Crippen molar-refractivity contribution in [1.82, 2.24) is 25.3 Å². The fourth-order valence-corrected chi connectivity index (χ4v) is 1.91. The monoisotopic (exact) mass is 355 g/mol. The first kappa shape index (κ1) is 11.1. The molecule has 2 N–H and O–H groups in total. The van der Waals surface area contributed by atoms with Crippen molar-refractivity contribution in [2.24, 2.45) is 0 Å². The highest BCUT2D eigenvalue weighted by atomic mass is 127. The Morgan fingerprint density at radius 3 is 3.00 bits per heavy atom. The summed E-state index contributed by atoms with van der Waals surface area (Å²) in [6.45, 7) is 0. The molecule has 7 nitrogen and oxygen atoms in total. The highest BCUT2D eigenvalue weighted by Gasteiger charge is 2.15. The standard InChI is InChI=1S/C10H6IN5O2/c11-5-1-2-7(17)6(3-5)10-14-9(16-18-10)8-12-4-13-15-8/h1-4,17H,(H,12,13,15). The molecule has 0 saturated carbocycles. The Morgan fingerprint density at radius 1 is 1.33 bits per heavy atom. The Kier molecular flexibility index (Phi) is 2.70. The van der Waals surface area contributed by atoms with Crippen LogP contribution in [0.25, 0.3) is 23.1 Å². The van der Waals surface area contributed by atoms with Crippen molar-refractivity contribution in [3.8, 4) is 28.9 Å². The minimum absolute atomic E-state index is 0.0863. The van der Waals surface area contributed by atoms with Crippen LogP contribution in [0.4, 0.5) is 0 Å². The normalized spacial score (nSPS) is 10.7. The second-order valence-electron chi connectivity index (χ2n) is 3.42. The van der Waals surface area contributed by atoms with Crippen LogP contribution in [0.5, 0.6) is 5.75 Å². The number of nitrogens with one attached hydrogen (secondary N) is 1. The van der Waals surface area contributed by atoms with E-state index in [0.29, 0.717) is 17.2 Å². The number of aromatic nitrogens is 5. The zero-order valence-electron chi connectivity index (χ0n) is 8.83. The number of phenols is 1. The Morgan fingerprint density at radius 2 is 2.22 bits per heavy atom. The predicted octanol–water partition coefficient (Wildman–Crippen LogP) is 1.83. The van der Waals surface area contributed by atoms with Gasteiger partial charge >= 0.3 is 0 Å². The van der Waals surface area contributed by atoms with Crippen LogP contribution < -0.4 is 0 Å². The second-order valence-corrected chi connectivity index (χ2v) is 4.66. The summed E-state index contributed by atoms with van der Waals surface area (Å²) in [7, 11) is 0. The molecule has 2 aromatic heterocycles. The fraction of sp³-hybridized carbons (Fsp3) is 0. The molecule has 0 unspecified atom stereocenters. The molecule has 18 heavy (non-hydrogen) atoms. The molecule has 0 aliphatic rings. The van der Waals surface area contributed by atoms with E-state index in [2.05, 4.69) is 47.9 Å². The van der Waals surface area contributed by atoms with E-state index >= 15 is 0 Å². The Balaban J connectivity index is 2.05. The third kappa shape index (κ3) is 1.94. The van der Waals surface area contributed by atoms with Crippen molar-refractivity contribution < 1.29 is 9.63 Å². The third-order valence-electron chi connectivity index (χ3n) is 2.24. The zero-order valence-corrected chi connectivity index (χ0v) is 11.0. The van der Waals surface area contributed by atoms with E-state index in [1.165, 1.54) is 6.33 Å². The summed E-state index contributed by atoms with van der Waals surface area (Å²) < 4.78 is 6.06. The summed E-state index contributed by atoms with van der Waals surface area (Å²) in [5.41, 5.74) is 0.486. The van der Waals surface area contributed by atoms with E-state index < -0.39 is 0 Å². The maximum atomic E-state index is 9.76. The molecule has 90 valence electrons. The second kappa shape index (κ2) is 4.37. The Labute approximate surface area is 114 Å². The van der Waals surface area contributed by atoms with Crippen LogP contribution >= 0.6 is 22.6 Å². The number of nitrogens with zero attached hydrogens (tertiary/aromatic N) is 4. The minimum atomic E-state index is 0.0863. The van der Waals surface area contributed by atoms with E-state index in [-0.39, 0.29) is 11.6 Å². The quantitative estimate of drug-likeness (QED) is 0.681. The first-order valence-electron chi connectivity index (χ1n) is 4.92. The molecule has 3 aromatic rings. The molecule has 0 spiro atoms. The topological polar surface area (TPSA) is 101 Å². The first-order valence-corrected chi connectivity index (χ1v) is 6.00. The zero-order chi connectivity index (χ0) is 12.5. The molecule has 0 aliphatic carbocycles. The van der Waals surface area contributed by atoms with Gasteiger partial charge in [0, 0.05) is 3.57 Å². The van der Waals surface area contributed by atoms with Gasteiger partial charge in [-0.25, -0.2) is 4.98 Å². The van der Waals surface area contributed by atoms with E-state index in [1.807, 2.05) is 0 Å². The number of benzene rings is 1. The van der Waals surface area contributed by atoms with Crippen LogP contribution in [0.1, 0.15) is 0 Å². The Hall–Kier alpha value is -1.97. The number of H-pyrrole nitrogens is 1. The van der Waals surface area contributed by atoms with Gasteiger partial charge in [0.2, 0.25) is 5.82 Å². The lowest BCUT2D eigenvalue weighted by Crippen LogP contribution is -1.84. The van der Waals surface area contributed by atoms with Gasteiger partial charge in [0.25, 0.3) is 5.89 Å². The van der Waals surface area contributed by atoms with Crippen LogP contribution in [0.15, 0.2) is 29.0 Å². The number of aromatic hydroxyl groups is 1. The molecule has 0 amide bonds. The summed E-state index contributed by atoms with van der Waals surface area (Å²) in [6.07, 6.45) is 1.36. The van der Waals surface area contributed by atoms with Gasteiger partial charge in [-0.1, -0.05) is 5.16 Å². The Bertz CT molecular complexity index is 679. The van der Waals surface area contributed by atoms with Crippen molar-refractivity contribution in [2.45, 2.75) is 0 Å². The van der Waals surface area contributed by atoms with Gasteiger partial charge in [0.1, 0.15) is 12.1 Å². The van der Waals surface area contributed by atoms with Gasteiger partial charge in [-0.15, -0.1) is 0 Å². The van der Waals surface area contributed by atoms with E-state index in [1.54, 1.807) is 18.2 Å². The minimum Gasteiger partial charge on any atom is -0.507 e. The molecule has 0 radical (unpaired) electrons. The molecule has 0 fully saturated rings. The molecule has 2 heterocycles. The maximum Gasteiger partial charge on any atom is 0.262 e. The maximum absolute atomic E-state index is 9.76. The summed E-state index contributed by atoms with van der Waals surface area (Å²) in [4.78, 5) is 8.07. The number of hydrogen-bond donors (Lipinski definition) is 2. The molecule has 3 rings (SSSR count). The van der Waals surface area contributed by atoms with Gasteiger partial charge in [0.05, 0.1) is 5.56 Å². The molecule has 0 aliphatic heterocycles. The average molecular weight is 355 g/mol. The predicted molar refractivity (Wildman–Crippen MR) is 69.5 cm³/mol. The van der Waals surface area contributed by atoms with Gasteiger partial charge in [-0.2, -0.15) is 10.1 Å². The lowest BCUT2D eigenvalue weighted by molar-refractivity contribution is 0.425. The molecule has 0 bridgehead atoms. The van der Waals surface area contributed by atoms with Crippen molar-refractivity contribution in [3.63, 3.8) is 0 Å². The van der Waals surface area contributed by atoms with Crippen LogP contribution in [0.3, 0.4) is 0 Å². The van der Waals surface area contributed by atoms with Gasteiger partial charge in [0.15, 0.2) is 5.82 Å². The van der Waals surface area contributed by atoms with Crippen molar-refractivity contribution in [3.05, 3.63) is 28.1 Å². The van der Waals surface area contributed by atoms with Crippen LogP contribution in [0.2, 0.25) is 0 Å². The van der Waals surface area contributed by atoms with Gasteiger partial charge in [-0.3, -0.25) is 5.10 Å². The highest BCUT2D eigenvalue weighted by molar-refractivity contribution is 14.1. The van der Waals surface area contributed by atoms with Crippen LogP contribution in [-0.2, 0) is 0 Å². The highest BCUT2D eigenvalue weighted by Crippen LogP contribution is 2.30. The number of halogens is 1. The van der Waals surface area contributed by atoms with Gasteiger partial charge < -0.3 is 9.63 Å². The van der Waals surface area contributed by atoms with Crippen LogP contribution in [-0.4, -0.2) is 30.4 Å². The molecule has 1 aromatic carbocycles. The van der Waals surface area contributed by atoms with Crippen molar-refractivity contribution in [1.29, 1.82) is 0 Å². The van der Waals surface area contributed by atoms with Crippen LogP contribution in [0, 0.1) is 3.57 Å². The van der Waals surface area contributed by atoms with E-state index in [4.69, 9.17) is 4.52 Å². The number of rotatable bonds is 2. The largest absolute Gasteiger partial charge is 0.507 e. The number of hydrogen-bond acceptors (Lipinski definition) is 6. The molecular weight excluding hydrogens is 349 g/mol. The smallest absolute Gasteiger partial charge is 0.262 e. The van der Waals surface area contributed by atoms with Gasteiger partial charge in [-0.05, 0) is 40.8 Å². The number of aromatic amines is 1. The molecule has 0 atom stereocenters. The average Bonchev–Trinajstić information content (AvgIpc) is 3.00. The van der Waals surface area contributed by atoms with E-state index in [9.17, 15) is 5.11 Å². The lowest BCUT2D eigenvalue weighted by Gasteiger charge is -1.98. The molecular formula is C10H6IN5O2. The lowest BCUT2D eigenvalue weighted by atomic mass is 10.2. The fourth-order valence-electron chi connectivity index (χ4n) is 1.42. The van der Waals surface area contributed by atoms with Crippen molar-refractivity contribution in [2.75, 3.05) is 0 Å². The molecule has 8 heteroatoms. The summed E-state index contributed by atoms with van der Waals surface area (Å²) in [6, 6.07) is 5.12. The first-order chi connectivity index (χ1) is 8.74. The molecule has 0 saturated heterocycles.